The van der Waals surface area contributed by atoms with Crippen molar-refractivity contribution in [1.29, 1.82) is 0 Å². The van der Waals surface area contributed by atoms with Gasteiger partial charge in [-0.25, -0.2) is 18.9 Å². The first-order chi connectivity index (χ1) is 15.3. The number of anilines is 2. The minimum Gasteiger partial charge on any atom is -0.481 e. The molecular weight excluding hydrogens is 413 g/mol. The molecule has 0 saturated carbocycles. The van der Waals surface area contributed by atoms with Crippen molar-refractivity contribution < 1.29 is 14.2 Å². The molecule has 0 spiro atoms. The number of methoxy groups -OCH3 is 1. The Labute approximate surface area is 184 Å². The molecule has 9 nitrogen and oxygen atoms in total. The Kier molecular flexibility index (Phi) is 5.97. The first-order valence-electron chi connectivity index (χ1n) is 10.0. The van der Waals surface area contributed by atoms with E-state index in [2.05, 4.69) is 30.7 Å². The number of ether oxygens (including phenoxy) is 1. The molecule has 0 unspecified atom stereocenters. The Morgan fingerprint density at radius 2 is 2.06 bits per heavy atom. The lowest BCUT2D eigenvalue weighted by Gasteiger charge is -2.17. The maximum atomic E-state index is 14.2. The molecule has 0 bridgehead atoms. The molecule has 4 aromatic heterocycles. The number of halogens is 1. The molecule has 32 heavy (non-hydrogen) atoms. The number of aromatic nitrogens is 5. The van der Waals surface area contributed by atoms with Gasteiger partial charge < -0.3 is 20.5 Å². The van der Waals surface area contributed by atoms with E-state index in [1.165, 1.54) is 19.4 Å². The van der Waals surface area contributed by atoms with Gasteiger partial charge in [-0.05, 0) is 37.6 Å². The SMILES string of the molecule is COc1cccc(-c2nc(Nc3ccncc3F)c3cc(CNCC(C)(C)O)cn3n2)n1. The third-order valence-corrected chi connectivity index (χ3v) is 4.59. The quantitative estimate of drug-likeness (QED) is 0.386. The molecule has 0 fully saturated rings. The van der Waals surface area contributed by atoms with Crippen LogP contribution in [0.3, 0.4) is 0 Å². The lowest BCUT2D eigenvalue weighted by molar-refractivity contribution is 0.0795. The van der Waals surface area contributed by atoms with Crippen LogP contribution in [0, 0.1) is 5.82 Å². The van der Waals surface area contributed by atoms with Gasteiger partial charge in [0.2, 0.25) is 11.7 Å². The molecule has 0 aliphatic heterocycles. The average Bonchev–Trinajstić information content (AvgIpc) is 3.17. The van der Waals surface area contributed by atoms with Crippen molar-refractivity contribution in [3.63, 3.8) is 0 Å². The normalized spacial score (nSPS) is 11.7. The second-order valence-electron chi connectivity index (χ2n) is 7.92. The lowest BCUT2D eigenvalue weighted by Crippen LogP contribution is -2.34. The van der Waals surface area contributed by atoms with Gasteiger partial charge in [0, 0.05) is 31.5 Å². The van der Waals surface area contributed by atoms with Crippen LogP contribution in [0.15, 0.2) is 48.9 Å². The van der Waals surface area contributed by atoms with E-state index in [0.29, 0.717) is 41.8 Å². The fourth-order valence-corrected chi connectivity index (χ4v) is 3.12. The Morgan fingerprint density at radius 1 is 1.22 bits per heavy atom. The molecule has 0 saturated heterocycles. The zero-order chi connectivity index (χ0) is 22.7. The van der Waals surface area contributed by atoms with E-state index in [0.717, 1.165) is 11.8 Å². The van der Waals surface area contributed by atoms with Crippen LogP contribution in [-0.2, 0) is 6.54 Å². The molecule has 0 atom stereocenters. The highest BCUT2D eigenvalue weighted by atomic mass is 19.1. The van der Waals surface area contributed by atoms with E-state index in [4.69, 9.17) is 4.74 Å². The lowest BCUT2D eigenvalue weighted by atomic mass is 10.1. The first-order valence-corrected chi connectivity index (χ1v) is 10.0. The van der Waals surface area contributed by atoms with Gasteiger partial charge in [-0.2, -0.15) is 0 Å². The number of pyridine rings is 2. The first kappa shape index (κ1) is 21.6. The Hall–Kier alpha value is -3.63. The van der Waals surface area contributed by atoms with E-state index < -0.39 is 11.4 Å². The van der Waals surface area contributed by atoms with E-state index in [1.807, 2.05) is 12.3 Å². The molecule has 4 heterocycles. The highest BCUT2D eigenvalue weighted by molar-refractivity contribution is 5.75. The van der Waals surface area contributed by atoms with Gasteiger partial charge in [0.1, 0.15) is 11.2 Å². The standard InChI is InChI=1S/C22H24FN7O2/c1-22(2,31)13-25-10-14-9-18-21(27-16-7-8-24-11-15(16)23)28-20(29-30(18)12-14)17-5-4-6-19(26-17)32-3/h4-9,11-12,25,31H,10,13H2,1-3H3,(H,24,27,28,29). The summed E-state index contributed by atoms with van der Waals surface area (Å²) in [6.07, 6.45) is 4.49. The zero-order valence-electron chi connectivity index (χ0n) is 18.0. The summed E-state index contributed by atoms with van der Waals surface area (Å²) in [4.78, 5) is 12.8. The van der Waals surface area contributed by atoms with Gasteiger partial charge >= 0.3 is 0 Å². The third kappa shape index (κ3) is 4.98. The van der Waals surface area contributed by atoms with Gasteiger partial charge in [-0.1, -0.05) is 6.07 Å². The number of hydrogen-bond donors (Lipinski definition) is 3. The van der Waals surface area contributed by atoms with Crippen molar-refractivity contribution in [2.24, 2.45) is 0 Å². The fourth-order valence-electron chi connectivity index (χ4n) is 3.12. The summed E-state index contributed by atoms with van der Waals surface area (Å²) in [5, 5.41) is 20.8. The number of rotatable bonds is 8. The van der Waals surface area contributed by atoms with Crippen LogP contribution in [0.4, 0.5) is 15.9 Å². The fraction of sp³-hybridized carbons (Fsp3) is 0.273. The van der Waals surface area contributed by atoms with Crippen LogP contribution in [0.1, 0.15) is 19.4 Å². The summed E-state index contributed by atoms with van der Waals surface area (Å²) in [7, 11) is 1.54. The number of nitrogens with zero attached hydrogens (tertiary/aromatic N) is 5. The molecule has 10 heteroatoms. The van der Waals surface area contributed by atoms with E-state index >= 15 is 0 Å². The van der Waals surface area contributed by atoms with Crippen LogP contribution < -0.4 is 15.4 Å². The van der Waals surface area contributed by atoms with Crippen molar-refractivity contribution in [3.8, 4) is 17.4 Å². The average molecular weight is 437 g/mol. The molecule has 0 aromatic carbocycles. The Bertz CT molecular complexity index is 1240. The van der Waals surface area contributed by atoms with Gasteiger partial charge in [0.15, 0.2) is 11.6 Å². The predicted molar refractivity (Wildman–Crippen MR) is 118 cm³/mol. The van der Waals surface area contributed by atoms with Crippen molar-refractivity contribution in [1.82, 2.24) is 29.9 Å². The van der Waals surface area contributed by atoms with Gasteiger partial charge in [0.25, 0.3) is 0 Å². The Balaban J connectivity index is 1.75. The van der Waals surface area contributed by atoms with Gasteiger partial charge in [-0.3, -0.25) is 4.98 Å². The number of nitrogens with one attached hydrogen (secondary N) is 2. The van der Waals surface area contributed by atoms with Gasteiger partial charge in [-0.15, -0.1) is 5.10 Å². The highest BCUT2D eigenvalue weighted by Gasteiger charge is 2.16. The van der Waals surface area contributed by atoms with Crippen molar-refractivity contribution in [3.05, 3.63) is 60.3 Å². The number of fused-ring (bicyclic) bond motifs is 1. The van der Waals surface area contributed by atoms with Crippen molar-refractivity contribution >= 4 is 17.0 Å². The minimum absolute atomic E-state index is 0.244. The van der Waals surface area contributed by atoms with E-state index in [-0.39, 0.29) is 5.69 Å². The molecule has 0 aliphatic rings. The summed E-state index contributed by atoms with van der Waals surface area (Å²) in [6, 6.07) is 8.74. The second-order valence-corrected chi connectivity index (χ2v) is 7.92. The molecule has 166 valence electrons. The number of hydrogen-bond acceptors (Lipinski definition) is 8. The maximum absolute atomic E-state index is 14.2. The topological polar surface area (TPSA) is 109 Å². The predicted octanol–water partition coefficient (Wildman–Crippen LogP) is 2.94. The van der Waals surface area contributed by atoms with Crippen LogP contribution in [-0.4, -0.2) is 48.9 Å². The second kappa shape index (κ2) is 8.85. The van der Waals surface area contributed by atoms with E-state index in [1.54, 1.807) is 36.6 Å². The monoisotopic (exact) mass is 437 g/mol. The summed E-state index contributed by atoms with van der Waals surface area (Å²) in [6.45, 7) is 4.42. The maximum Gasteiger partial charge on any atom is 0.213 e. The Morgan fingerprint density at radius 3 is 2.81 bits per heavy atom. The molecule has 0 aliphatic carbocycles. The summed E-state index contributed by atoms with van der Waals surface area (Å²) in [5.41, 5.74) is 1.52. The number of aliphatic hydroxyl groups is 1. The molecule has 4 aromatic rings. The highest BCUT2D eigenvalue weighted by Crippen LogP contribution is 2.26. The third-order valence-electron chi connectivity index (χ3n) is 4.59. The molecule has 3 N–H and O–H groups in total. The van der Waals surface area contributed by atoms with Crippen molar-refractivity contribution in [2.45, 2.75) is 26.0 Å². The minimum atomic E-state index is -0.824. The van der Waals surface area contributed by atoms with Crippen molar-refractivity contribution in [2.75, 3.05) is 19.0 Å². The van der Waals surface area contributed by atoms with Crippen LogP contribution in [0.5, 0.6) is 5.88 Å². The van der Waals surface area contributed by atoms with Gasteiger partial charge in [0.05, 0.1) is 24.6 Å². The summed E-state index contributed by atoms with van der Waals surface area (Å²) >= 11 is 0. The van der Waals surface area contributed by atoms with Crippen LogP contribution >= 0.6 is 0 Å². The molecule has 4 rings (SSSR count). The molecular formula is C22H24FN7O2. The molecule has 0 radical (unpaired) electrons. The van der Waals surface area contributed by atoms with Crippen LogP contribution in [0.2, 0.25) is 0 Å². The van der Waals surface area contributed by atoms with E-state index in [9.17, 15) is 9.50 Å². The summed E-state index contributed by atoms with van der Waals surface area (Å²) in [5.74, 6) is 0.701. The largest absolute Gasteiger partial charge is 0.481 e. The molecule has 0 amide bonds. The zero-order valence-corrected chi connectivity index (χ0v) is 18.0. The smallest absolute Gasteiger partial charge is 0.213 e. The van der Waals surface area contributed by atoms with Crippen LogP contribution in [0.25, 0.3) is 17.0 Å². The summed E-state index contributed by atoms with van der Waals surface area (Å²) < 4.78 is 21.1.